The topological polar surface area (TPSA) is 156 Å². The highest BCUT2D eigenvalue weighted by atomic mass is 16.8. The molecule has 0 spiro atoms. The van der Waals surface area contributed by atoms with Crippen molar-refractivity contribution in [1.29, 1.82) is 0 Å². The first-order valence-corrected chi connectivity index (χ1v) is 10.9. The molecule has 36 heavy (non-hydrogen) atoms. The van der Waals surface area contributed by atoms with E-state index in [9.17, 15) is 24.0 Å². The number of cyclic esters (lactones) is 4. The van der Waals surface area contributed by atoms with Crippen molar-refractivity contribution in [3.05, 3.63) is 80.4 Å². The van der Waals surface area contributed by atoms with Crippen molar-refractivity contribution in [2.45, 2.75) is 37.9 Å². The van der Waals surface area contributed by atoms with Gasteiger partial charge in [-0.25, -0.2) is 37.7 Å². The van der Waals surface area contributed by atoms with Crippen molar-refractivity contribution in [1.82, 2.24) is 13.7 Å². The summed E-state index contributed by atoms with van der Waals surface area (Å²) in [4.78, 5) is 61.1. The summed E-state index contributed by atoms with van der Waals surface area (Å²) in [6.07, 6.45) is 5.72. The maximum atomic E-state index is 13.0. The molecule has 4 heterocycles. The summed E-state index contributed by atoms with van der Waals surface area (Å²) >= 11 is 0. The smallest absolute Gasteiger partial charge is 0.462 e. The van der Waals surface area contributed by atoms with Crippen LogP contribution in [0.5, 0.6) is 0 Å². The summed E-state index contributed by atoms with van der Waals surface area (Å²) in [6, 6.07) is 0. The minimum absolute atomic E-state index is 0.0123. The van der Waals surface area contributed by atoms with Gasteiger partial charge in [0, 0.05) is 0 Å². The molecule has 3 saturated heterocycles. The van der Waals surface area contributed by atoms with Gasteiger partial charge in [0.1, 0.15) is 19.8 Å². The van der Waals surface area contributed by atoms with E-state index in [1.54, 1.807) is 12.2 Å². The Kier molecular flexibility index (Phi) is 7.42. The van der Waals surface area contributed by atoms with Crippen LogP contribution >= 0.6 is 0 Å². The third kappa shape index (κ3) is 5.76. The lowest BCUT2D eigenvalue weighted by Crippen LogP contribution is -2.54. The number of nitrogens with zero attached hydrogens (tertiary/aromatic N) is 3. The predicted molar refractivity (Wildman–Crippen MR) is 119 cm³/mol. The SMILES string of the molecule is C=C1OCC(/C=C/Cn2c(=O)n(C/C=C/C3COC(=O)O3)c(=O)n(C/C=C/C3COC(=O)O3)c2=O)O1. The van der Waals surface area contributed by atoms with Crippen LogP contribution in [-0.4, -0.2) is 64.1 Å². The van der Waals surface area contributed by atoms with E-state index in [2.05, 4.69) is 16.1 Å². The van der Waals surface area contributed by atoms with Gasteiger partial charge >= 0.3 is 29.4 Å². The molecule has 192 valence electrons. The quantitative estimate of drug-likeness (QED) is 0.323. The first kappa shape index (κ1) is 24.6. The minimum atomic E-state index is -0.845. The molecule has 3 unspecified atom stereocenters. The summed E-state index contributed by atoms with van der Waals surface area (Å²) in [5, 5.41) is 0. The van der Waals surface area contributed by atoms with Crippen LogP contribution in [0.2, 0.25) is 0 Å². The maximum absolute atomic E-state index is 13.0. The second kappa shape index (κ2) is 10.8. The number of rotatable bonds is 9. The van der Waals surface area contributed by atoms with Gasteiger partial charge in [-0.3, -0.25) is 0 Å². The number of hydrogen-bond acceptors (Lipinski definition) is 11. The molecule has 0 aliphatic carbocycles. The fraction of sp³-hybridized carbons (Fsp3) is 0.409. The zero-order chi connectivity index (χ0) is 25.7. The van der Waals surface area contributed by atoms with Crippen LogP contribution < -0.4 is 17.1 Å². The van der Waals surface area contributed by atoms with Gasteiger partial charge in [-0.2, -0.15) is 0 Å². The van der Waals surface area contributed by atoms with Crippen molar-refractivity contribution in [2.24, 2.45) is 0 Å². The molecule has 3 aliphatic rings. The number of hydrogen-bond donors (Lipinski definition) is 0. The molecular formula is C22H23N3O11. The summed E-state index contributed by atoms with van der Waals surface area (Å²) in [5.41, 5.74) is -2.50. The van der Waals surface area contributed by atoms with Crippen LogP contribution in [0, 0.1) is 0 Å². The zero-order valence-electron chi connectivity index (χ0n) is 19.0. The lowest BCUT2D eigenvalue weighted by molar-refractivity contribution is 0.124. The molecular weight excluding hydrogens is 482 g/mol. The lowest BCUT2D eigenvalue weighted by Gasteiger charge is -2.11. The molecule has 0 radical (unpaired) electrons. The number of aromatic nitrogens is 3. The van der Waals surface area contributed by atoms with E-state index < -0.39 is 47.7 Å². The van der Waals surface area contributed by atoms with Crippen LogP contribution in [0.4, 0.5) is 9.59 Å². The molecule has 3 aliphatic heterocycles. The number of carbonyl (C=O) groups excluding carboxylic acids is 2. The maximum Gasteiger partial charge on any atom is 0.509 e. The van der Waals surface area contributed by atoms with E-state index >= 15 is 0 Å². The van der Waals surface area contributed by atoms with Gasteiger partial charge < -0.3 is 28.4 Å². The van der Waals surface area contributed by atoms with Gasteiger partial charge in [-0.05, 0) is 24.8 Å². The molecule has 3 atom stereocenters. The minimum Gasteiger partial charge on any atom is -0.462 e. The molecule has 1 aromatic heterocycles. The monoisotopic (exact) mass is 505 g/mol. The zero-order valence-corrected chi connectivity index (χ0v) is 19.0. The van der Waals surface area contributed by atoms with Crippen molar-refractivity contribution in [3.63, 3.8) is 0 Å². The van der Waals surface area contributed by atoms with Gasteiger partial charge in [-0.1, -0.05) is 18.2 Å². The fourth-order valence-corrected chi connectivity index (χ4v) is 3.49. The normalized spacial score (nSPS) is 23.7. The molecule has 4 rings (SSSR count). The van der Waals surface area contributed by atoms with Gasteiger partial charge in [0.2, 0.25) is 0 Å². The van der Waals surface area contributed by atoms with Crippen LogP contribution in [-0.2, 0) is 48.1 Å². The summed E-state index contributed by atoms with van der Waals surface area (Å²) in [6.45, 7) is 3.30. The highest BCUT2D eigenvalue weighted by Crippen LogP contribution is 2.13. The molecule has 14 heteroatoms. The Balaban J connectivity index is 1.58. The van der Waals surface area contributed by atoms with Crippen LogP contribution in [0.15, 0.2) is 63.4 Å². The standard InChI is InChI=1S/C22H23N3O11/c1-14-31-11-15(34-14)5-2-8-23-18(26)24(9-3-6-16-12-32-21(29)35-16)20(28)25(19(23)27)10-4-7-17-13-33-22(30)36-17/h2-7,15-17H,1,8-13H2/b5-2+,6-3+,7-4+. The summed E-state index contributed by atoms with van der Waals surface area (Å²) in [7, 11) is 0. The van der Waals surface area contributed by atoms with E-state index in [-0.39, 0.29) is 45.4 Å². The van der Waals surface area contributed by atoms with Gasteiger partial charge in [0.25, 0.3) is 5.95 Å². The Morgan fingerprint density at radius 1 is 0.611 bits per heavy atom. The van der Waals surface area contributed by atoms with Gasteiger partial charge in [0.15, 0.2) is 18.3 Å². The summed E-state index contributed by atoms with van der Waals surface area (Å²) in [5.74, 6) is 0.174. The molecule has 0 N–H and O–H groups in total. The van der Waals surface area contributed by atoms with Crippen LogP contribution in [0.1, 0.15) is 0 Å². The lowest BCUT2D eigenvalue weighted by atomic mass is 10.3. The highest BCUT2D eigenvalue weighted by molar-refractivity contribution is 5.62. The largest absolute Gasteiger partial charge is 0.509 e. The first-order valence-electron chi connectivity index (χ1n) is 10.9. The predicted octanol–water partition coefficient (Wildman–Crippen LogP) is -0.202. The molecule has 0 bridgehead atoms. The molecule has 0 aromatic carbocycles. The average Bonchev–Trinajstić information content (AvgIpc) is 3.57. The third-order valence-electron chi connectivity index (χ3n) is 5.22. The number of allylic oxidation sites excluding steroid dienone is 3. The van der Waals surface area contributed by atoms with E-state index in [1.165, 1.54) is 24.3 Å². The van der Waals surface area contributed by atoms with E-state index in [0.29, 0.717) is 0 Å². The molecule has 0 saturated carbocycles. The van der Waals surface area contributed by atoms with E-state index in [0.717, 1.165) is 13.7 Å². The Bertz CT molecular complexity index is 1110. The van der Waals surface area contributed by atoms with Crippen molar-refractivity contribution in [2.75, 3.05) is 19.8 Å². The average molecular weight is 505 g/mol. The van der Waals surface area contributed by atoms with Crippen molar-refractivity contribution >= 4 is 12.3 Å². The third-order valence-corrected chi connectivity index (χ3v) is 5.22. The molecule has 3 fully saturated rings. The van der Waals surface area contributed by atoms with E-state index in [1.807, 2.05) is 0 Å². The number of ether oxygens (including phenoxy) is 6. The second-order valence-corrected chi connectivity index (χ2v) is 7.74. The molecule has 0 amide bonds. The Labute approximate surface area is 202 Å². The Morgan fingerprint density at radius 2 is 0.972 bits per heavy atom. The fourth-order valence-electron chi connectivity index (χ4n) is 3.49. The van der Waals surface area contributed by atoms with Gasteiger partial charge in [-0.15, -0.1) is 0 Å². The Morgan fingerprint density at radius 3 is 1.28 bits per heavy atom. The van der Waals surface area contributed by atoms with Crippen LogP contribution in [0.25, 0.3) is 0 Å². The van der Waals surface area contributed by atoms with Crippen LogP contribution in [0.3, 0.4) is 0 Å². The first-order chi connectivity index (χ1) is 17.3. The van der Waals surface area contributed by atoms with Gasteiger partial charge in [0.05, 0.1) is 19.6 Å². The van der Waals surface area contributed by atoms with E-state index in [4.69, 9.17) is 18.9 Å². The van der Waals surface area contributed by atoms with Crippen molar-refractivity contribution in [3.8, 4) is 0 Å². The number of carbonyl (C=O) groups is 2. The Hall–Kier alpha value is -4.49. The molecule has 14 nitrogen and oxygen atoms in total. The highest BCUT2D eigenvalue weighted by Gasteiger charge is 2.23. The molecule has 1 aromatic rings. The van der Waals surface area contributed by atoms with Crippen molar-refractivity contribution < 1.29 is 38.0 Å². The second-order valence-electron chi connectivity index (χ2n) is 7.74. The summed E-state index contributed by atoms with van der Waals surface area (Å²) < 4.78 is 32.2.